The number of carbonyl (C=O) groups excluding carboxylic acids is 1. The molecule has 2 aromatic carbocycles. The van der Waals surface area contributed by atoms with Crippen LogP contribution in [0.1, 0.15) is 10.4 Å². The summed E-state index contributed by atoms with van der Waals surface area (Å²) >= 11 is 9.37. The normalized spacial score (nSPS) is 10.1. The Balaban J connectivity index is 2.27. The van der Waals surface area contributed by atoms with Crippen LogP contribution in [0, 0.1) is 0 Å². The van der Waals surface area contributed by atoms with Gasteiger partial charge in [0.25, 0.3) is 0 Å². The highest BCUT2D eigenvalue weighted by molar-refractivity contribution is 9.10. The van der Waals surface area contributed by atoms with Gasteiger partial charge in [-0.3, -0.25) is 4.79 Å². The molecule has 0 radical (unpaired) electrons. The lowest BCUT2D eigenvalue weighted by Crippen LogP contribution is -2.10. The van der Waals surface area contributed by atoms with E-state index in [0.29, 0.717) is 22.1 Å². The zero-order valence-corrected chi connectivity index (χ0v) is 11.5. The van der Waals surface area contributed by atoms with Crippen molar-refractivity contribution in [2.45, 2.75) is 0 Å². The van der Waals surface area contributed by atoms with Gasteiger partial charge in [-0.05, 0) is 36.4 Å². The fraction of sp³-hybridized carbons (Fsp3) is 0. The van der Waals surface area contributed by atoms with Gasteiger partial charge in [-0.25, -0.2) is 0 Å². The summed E-state index contributed by atoms with van der Waals surface area (Å²) in [6.07, 6.45) is 0. The molecule has 0 aliphatic rings. The molecule has 5 heteroatoms. The molecule has 1 amide bonds. The maximum atomic E-state index is 11.0. The lowest BCUT2D eigenvalue weighted by atomic mass is 10.2. The van der Waals surface area contributed by atoms with Gasteiger partial charge in [0, 0.05) is 10.0 Å². The average Bonchev–Trinajstić information content (AvgIpc) is 2.31. The Hall–Kier alpha value is -1.52. The summed E-state index contributed by atoms with van der Waals surface area (Å²) in [5, 5.41) is 0.339. The molecule has 0 aromatic heterocycles. The number of hydrogen-bond donors (Lipinski definition) is 1. The van der Waals surface area contributed by atoms with Crippen molar-refractivity contribution in [1.82, 2.24) is 0 Å². The van der Waals surface area contributed by atoms with Gasteiger partial charge in [-0.2, -0.15) is 0 Å². The van der Waals surface area contributed by atoms with E-state index in [-0.39, 0.29) is 0 Å². The molecule has 0 saturated heterocycles. The third-order valence-corrected chi connectivity index (χ3v) is 3.03. The smallest absolute Gasteiger partial charge is 0.248 e. The predicted molar refractivity (Wildman–Crippen MR) is 74.2 cm³/mol. The summed E-state index contributed by atoms with van der Waals surface area (Å²) in [6.45, 7) is 0. The van der Waals surface area contributed by atoms with Gasteiger partial charge in [0.1, 0.15) is 11.5 Å². The molecule has 0 fully saturated rings. The van der Waals surface area contributed by atoms with Crippen LogP contribution >= 0.6 is 27.5 Å². The van der Waals surface area contributed by atoms with Crippen molar-refractivity contribution in [3.63, 3.8) is 0 Å². The molecule has 0 aliphatic carbocycles. The number of halogens is 2. The fourth-order valence-corrected chi connectivity index (χ4v) is 1.99. The van der Waals surface area contributed by atoms with Gasteiger partial charge in [0.05, 0.1) is 5.02 Å². The van der Waals surface area contributed by atoms with E-state index in [4.69, 9.17) is 22.1 Å². The van der Waals surface area contributed by atoms with Crippen LogP contribution in [0.4, 0.5) is 0 Å². The van der Waals surface area contributed by atoms with Crippen molar-refractivity contribution >= 4 is 33.4 Å². The number of nitrogens with two attached hydrogens (primary N) is 1. The van der Waals surface area contributed by atoms with Crippen molar-refractivity contribution in [2.75, 3.05) is 0 Å². The van der Waals surface area contributed by atoms with Crippen LogP contribution in [0.25, 0.3) is 0 Å². The maximum Gasteiger partial charge on any atom is 0.248 e. The average molecular weight is 327 g/mol. The van der Waals surface area contributed by atoms with Crippen molar-refractivity contribution < 1.29 is 9.53 Å². The van der Waals surface area contributed by atoms with Crippen LogP contribution in [0.2, 0.25) is 5.02 Å². The fourth-order valence-electron chi connectivity index (χ4n) is 1.39. The van der Waals surface area contributed by atoms with E-state index in [1.807, 2.05) is 24.3 Å². The van der Waals surface area contributed by atoms with Crippen LogP contribution in [-0.4, -0.2) is 5.91 Å². The largest absolute Gasteiger partial charge is 0.456 e. The molecule has 0 aliphatic heterocycles. The summed E-state index contributed by atoms with van der Waals surface area (Å²) < 4.78 is 6.52. The van der Waals surface area contributed by atoms with E-state index in [1.165, 1.54) is 6.07 Å². The third kappa shape index (κ3) is 3.03. The number of benzene rings is 2. The Kier molecular flexibility index (Phi) is 3.89. The number of carbonyl (C=O) groups is 1. The van der Waals surface area contributed by atoms with Crippen molar-refractivity contribution in [3.8, 4) is 11.5 Å². The summed E-state index contributed by atoms with van der Waals surface area (Å²) in [7, 11) is 0. The van der Waals surface area contributed by atoms with Gasteiger partial charge in [-0.15, -0.1) is 0 Å². The molecule has 2 N–H and O–H groups in total. The monoisotopic (exact) mass is 325 g/mol. The zero-order chi connectivity index (χ0) is 13.1. The first-order valence-corrected chi connectivity index (χ1v) is 6.26. The summed E-state index contributed by atoms with van der Waals surface area (Å²) in [4.78, 5) is 11.0. The van der Waals surface area contributed by atoms with E-state index in [9.17, 15) is 4.79 Å². The quantitative estimate of drug-likeness (QED) is 0.927. The summed E-state index contributed by atoms with van der Waals surface area (Å²) in [5.41, 5.74) is 5.51. The Bertz CT molecular complexity index is 601. The molecular formula is C13H9BrClNO2. The van der Waals surface area contributed by atoms with Crippen molar-refractivity contribution in [2.24, 2.45) is 5.73 Å². The second-order valence-corrected chi connectivity index (χ2v) is 4.89. The first-order valence-electron chi connectivity index (χ1n) is 5.09. The number of amides is 1. The molecule has 3 nitrogen and oxygen atoms in total. The third-order valence-electron chi connectivity index (χ3n) is 2.24. The molecule has 0 saturated carbocycles. The topological polar surface area (TPSA) is 52.3 Å². The lowest BCUT2D eigenvalue weighted by Gasteiger charge is -2.08. The van der Waals surface area contributed by atoms with E-state index in [2.05, 4.69) is 15.9 Å². The molecule has 0 spiro atoms. The molecular weight excluding hydrogens is 318 g/mol. The van der Waals surface area contributed by atoms with Gasteiger partial charge >= 0.3 is 0 Å². The number of rotatable bonds is 3. The van der Waals surface area contributed by atoms with E-state index >= 15 is 0 Å². The SMILES string of the molecule is NC(=O)c1ccc(Oc2cccc(Br)c2)c(Cl)c1. The van der Waals surface area contributed by atoms with Crippen molar-refractivity contribution in [1.29, 1.82) is 0 Å². The van der Waals surface area contributed by atoms with Crippen LogP contribution in [0.3, 0.4) is 0 Å². The highest BCUT2D eigenvalue weighted by atomic mass is 79.9. The first kappa shape index (κ1) is 12.9. The summed E-state index contributed by atoms with van der Waals surface area (Å²) in [5.74, 6) is 0.601. The number of hydrogen-bond acceptors (Lipinski definition) is 2. The lowest BCUT2D eigenvalue weighted by molar-refractivity contribution is 0.100. The zero-order valence-electron chi connectivity index (χ0n) is 9.19. The minimum Gasteiger partial charge on any atom is -0.456 e. The molecule has 0 unspecified atom stereocenters. The minimum atomic E-state index is -0.522. The van der Waals surface area contributed by atoms with Crippen molar-refractivity contribution in [3.05, 3.63) is 57.5 Å². The molecule has 0 bridgehead atoms. The van der Waals surface area contributed by atoms with Gasteiger partial charge < -0.3 is 10.5 Å². The minimum absolute atomic E-state index is 0.339. The number of ether oxygens (including phenoxy) is 1. The Labute approximate surface area is 118 Å². The second-order valence-electron chi connectivity index (χ2n) is 3.57. The van der Waals surface area contributed by atoms with Crippen LogP contribution < -0.4 is 10.5 Å². The van der Waals surface area contributed by atoms with E-state index in [0.717, 1.165) is 4.47 Å². The molecule has 0 atom stereocenters. The highest BCUT2D eigenvalue weighted by Crippen LogP contribution is 2.31. The maximum absolute atomic E-state index is 11.0. The first-order chi connectivity index (χ1) is 8.56. The molecule has 2 rings (SSSR count). The molecule has 18 heavy (non-hydrogen) atoms. The standard InChI is InChI=1S/C13H9BrClNO2/c14-9-2-1-3-10(7-9)18-12-5-4-8(13(16)17)6-11(12)15/h1-7H,(H2,16,17). The highest BCUT2D eigenvalue weighted by Gasteiger charge is 2.07. The molecule has 0 heterocycles. The Morgan fingerprint density at radius 1 is 1.22 bits per heavy atom. The van der Waals surface area contributed by atoms with Gasteiger partial charge in [0.2, 0.25) is 5.91 Å². The van der Waals surface area contributed by atoms with Crippen LogP contribution in [0.15, 0.2) is 46.9 Å². The Morgan fingerprint density at radius 3 is 2.61 bits per heavy atom. The van der Waals surface area contributed by atoms with E-state index in [1.54, 1.807) is 12.1 Å². The van der Waals surface area contributed by atoms with E-state index < -0.39 is 5.91 Å². The molecule has 2 aromatic rings. The predicted octanol–water partition coefficient (Wildman–Crippen LogP) is 3.99. The Morgan fingerprint density at radius 2 is 2.00 bits per heavy atom. The molecule has 92 valence electrons. The van der Waals surface area contributed by atoms with Crippen LogP contribution in [-0.2, 0) is 0 Å². The van der Waals surface area contributed by atoms with Gasteiger partial charge in [-0.1, -0.05) is 33.6 Å². The number of primary amides is 1. The summed E-state index contributed by atoms with van der Waals surface area (Å²) in [6, 6.07) is 12.0. The van der Waals surface area contributed by atoms with Crippen LogP contribution in [0.5, 0.6) is 11.5 Å². The second kappa shape index (κ2) is 5.42. The van der Waals surface area contributed by atoms with Gasteiger partial charge in [0.15, 0.2) is 0 Å².